The van der Waals surface area contributed by atoms with E-state index < -0.39 is 20.0 Å². The van der Waals surface area contributed by atoms with Crippen molar-refractivity contribution in [2.75, 3.05) is 25.9 Å². The van der Waals surface area contributed by atoms with E-state index in [1.807, 2.05) is 30.3 Å². The van der Waals surface area contributed by atoms with Crippen molar-refractivity contribution in [3.05, 3.63) is 35.9 Å². The SMILES string of the molecule is CC(C)(CNC(=O)C1(c2ccccc2)CCNCC1)S(C)(=O)=O.Cl. The number of carbonyl (C=O) groups is 1. The smallest absolute Gasteiger partial charge is 0.230 e. The van der Waals surface area contributed by atoms with Crippen LogP contribution in [0.4, 0.5) is 0 Å². The molecule has 1 aromatic carbocycles. The molecule has 0 bridgehead atoms. The van der Waals surface area contributed by atoms with E-state index in [0.717, 1.165) is 18.7 Å². The Morgan fingerprint density at radius 1 is 1.21 bits per heavy atom. The second kappa shape index (κ2) is 7.85. The molecule has 0 aromatic heterocycles. The first kappa shape index (κ1) is 20.9. The first-order valence-electron chi connectivity index (χ1n) is 7.93. The zero-order valence-corrected chi connectivity index (χ0v) is 16.1. The quantitative estimate of drug-likeness (QED) is 0.822. The summed E-state index contributed by atoms with van der Waals surface area (Å²) in [6.45, 7) is 4.95. The molecule has 1 aliphatic heterocycles. The van der Waals surface area contributed by atoms with Gasteiger partial charge >= 0.3 is 0 Å². The normalized spacial score (nSPS) is 17.6. The van der Waals surface area contributed by atoms with Crippen LogP contribution < -0.4 is 10.6 Å². The standard InChI is InChI=1S/C17H26N2O3S.ClH/c1-16(2,23(3,21)22)13-19-15(20)17(9-11-18-12-10-17)14-7-5-4-6-8-14;/h4-8,18H,9-13H2,1-3H3,(H,19,20);1H. The van der Waals surface area contributed by atoms with Gasteiger partial charge in [0.05, 0.1) is 10.2 Å². The second-order valence-electron chi connectivity index (χ2n) is 6.91. The van der Waals surface area contributed by atoms with Crippen LogP contribution in [0.5, 0.6) is 0 Å². The topological polar surface area (TPSA) is 75.3 Å². The molecule has 0 atom stereocenters. The first-order chi connectivity index (χ1) is 10.7. The summed E-state index contributed by atoms with van der Waals surface area (Å²) in [5, 5.41) is 6.18. The number of hydrogen-bond donors (Lipinski definition) is 2. The van der Waals surface area contributed by atoms with Crippen molar-refractivity contribution in [2.24, 2.45) is 0 Å². The minimum atomic E-state index is -3.24. The zero-order chi connectivity index (χ0) is 17.1. The first-order valence-corrected chi connectivity index (χ1v) is 9.82. The molecular formula is C17H27ClN2O3S. The van der Waals surface area contributed by atoms with Gasteiger partial charge in [-0.3, -0.25) is 4.79 Å². The molecule has 1 fully saturated rings. The minimum absolute atomic E-state index is 0. The van der Waals surface area contributed by atoms with Crippen LogP contribution in [0.2, 0.25) is 0 Å². The van der Waals surface area contributed by atoms with Crippen molar-refractivity contribution < 1.29 is 13.2 Å². The Labute approximate surface area is 150 Å². The molecular weight excluding hydrogens is 348 g/mol. The van der Waals surface area contributed by atoms with Crippen molar-refractivity contribution in [3.63, 3.8) is 0 Å². The lowest BCUT2D eigenvalue weighted by Gasteiger charge is -2.37. The lowest BCUT2D eigenvalue weighted by molar-refractivity contribution is -0.127. The van der Waals surface area contributed by atoms with E-state index in [1.54, 1.807) is 13.8 Å². The Kier molecular flexibility index (Phi) is 6.84. The maximum Gasteiger partial charge on any atom is 0.230 e. The number of piperidine rings is 1. The van der Waals surface area contributed by atoms with Crippen molar-refractivity contribution in [1.29, 1.82) is 0 Å². The van der Waals surface area contributed by atoms with Crippen LogP contribution >= 0.6 is 12.4 Å². The summed E-state index contributed by atoms with van der Waals surface area (Å²) in [4.78, 5) is 13.0. The Morgan fingerprint density at radius 3 is 2.25 bits per heavy atom. The van der Waals surface area contributed by atoms with Crippen LogP contribution in [0, 0.1) is 0 Å². The molecule has 7 heteroatoms. The van der Waals surface area contributed by atoms with Gasteiger partial charge in [0.15, 0.2) is 9.84 Å². The predicted octanol–water partition coefficient (Wildman–Crippen LogP) is 1.67. The summed E-state index contributed by atoms with van der Waals surface area (Å²) in [7, 11) is -3.24. The number of rotatable bonds is 5. The van der Waals surface area contributed by atoms with Crippen LogP contribution in [0.25, 0.3) is 0 Å². The lowest BCUT2D eigenvalue weighted by atomic mass is 9.72. The van der Waals surface area contributed by atoms with E-state index in [4.69, 9.17) is 0 Å². The molecule has 1 aliphatic rings. The monoisotopic (exact) mass is 374 g/mol. The molecule has 0 spiro atoms. The number of nitrogens with one attached hydrogen (secondary N) is 2. The van der Waals surface area contributed by atoms with Crippen LogP contribution in [0.1, 0.15) is 32.3 Å². The molecule has 0 unspecified atom stereocenters. The van der Waals surface area contributed by atoms with Crippen molar-refractivity contribution in [2.45, 2.75) is 36.9 Å². The minimum Gasteiger partial charge on any atom is -0.354 e. The maximum atomic E-state index is 13.0. The molecule has 1 heterocycles. The summed E-state index contributed by atoms with van der Waals surface area (Å²) in [6.07, 6.45) is 2.63. The number of benzene rings is 1. The van der Waals surface area contributed by atoms with Gasteiger partial charge in [-0.1, -0.05) is 30.3 Å². The fourth-order valence-electron chi connectivity index (χ4n) is 2.85. The van der Waals surface area contributed by atoms with Crippen molar-refractivity contribution in [1.82, 2.24) is 10.6 Å². The van der Waals surface area contributed by atoms with Crippen molar-refractivity contribution >= 4 is 28.2 Å². The highest BCUT2D eigenvalue weighted by molar-refractivity contribution is 7.92. The van der Waals surface area contributed by atoms with E-state index in [2.05, 4.69) is 10.6 Å². The summed E-state index contributed by atoms with van der Waals surface area (Å²) in [5.74, 6) is -0.0816. The highest BCUT2D eigenvalue weighted by Gasteiger charge is 2.42. The molecule has 2 rings (SSSR count). The Balaban J connectivity index is 0.00000288. The number of carbonyl (C=O) groups excluding carboxylic acids is 1. The fourth-order valence-corrected chi connectivity index (χ4v) is 3.19. The van der Waals surface area contributed by atoms with Gasteiger partial charge in [0, 0.05) is 12.8 Å². The third-order valence-electron chi connectivity index (χ3n) is 4.90. The Morgan fingerprint density at radius 2 is 1.75 bits per heavy atom. The summed E-state index contributed by atoms with van der Waals surface area (Å²) < 4.78 is 22.7. The predicted molar refractivity (Wildman–Crippen MR) is 99.4 cm³/mol. The summed E-state index contributed by atoms with van der Waals surface area (Å²) >= 11 is 0. The molecule has 0 saturated carbocycles. The van der Waals surface area contributed by atoms with E-state index in [9.17, 15) is 13.2 Å². The fraction of sp³-hybridized carbons (Fsp3) is 0.588. The van der Waals surface area contributed by atoms with E-state index in [1.165, 1.54) is 6.26 Å². The molecule has 5 nitrogen and oxygen atoms in total. The van der Waals surface area contributed by atoms with Gasteiger partial charge in [-0.2, -0.15) is 0 Å². The van der Waals surface area contributed by atoms with Gasteiger partial charge in [0.25, 0.3) is 0 Å². The molecule has 1 aromatic rings. The Hall–Kier alpha value is -1.11. The van der Waals surface area contributed by atoms with Crippen molar-refractivity contribution in [3.8, 4) is 0 Å². The van der Waals surface area contributed by atoms with E-state index in [-0.39, 0.29) is 24.9 Å². The van der Waals surface area contributed by atoms with E-state index >= 15 is 0 Å². The second-order valence-corrected chi connectivity index (χ2v) is 9.56. The molecule has 136 valence electrons. The summed E-state index contributed by atoms with van der Waals surface area (Å²) in [5.41, 5.74) is 0.413. The number of halogens is 1. The zero-order valence-electron chi connectivity index (χ0n) is 14.5. The summed E-state index contributed by atoms with van der Waals surface area (Å²) in [6, 6.07) is 9.77. The molecule has 2 N–H and O–H groups in total. The van der Waals surface area contributed by atoms with Crippen LogP contribution in [0.3, 0.4) is 0 Å². The number of amides is 1. The van der Waals surface area contributed by atoms with Crippen LogP contribution in [-0.4, -0.2) is 45.0 Å². The lowest BCUT2D eigenvalue weighted by Crippen LogP contribution is -2.54. The average molecular weight is 375 g/mol. The number of hydrogen-bond acceptors (Lipinski definition) is 4. The highest BCUT2D eigenvalue weighted by Crippen LogP contribution is 2.34. The van der Waals surface area contributed by atoms with Gasteiger partial charge in [-0.05, 0) is 45.3 Å². The van der Waals surface area contributed by atoms with Gasteiger partial charge in [0.1, 0.15) is 0 Å². The van der Waals surface area contributed by atoms with Gasteiger partial charge < -0.3 is 10.6 Å². The molecule has 1 amide bonds. The molecule has 1 saturated heterocycles. The van der Waals surface area contributed by atoms with Gasteiger partial charge in [0.2, 0.25) is 5.91 Å². The molecule has 0 aliphatic carbocycles. The molecule has 0 radical (unpaired) electrons. The molecule has 24 heavy (non-hydrogen) atoms. The third-order valence-corrected chi connectivity index (χ3v) is 7.05. The van der Waals surface area contributed by atoms with Gasteiger partial charge in [-0.15, -0.1) is 12.4 Å². The van der Waals surface area contributed by atoms with E-state index in [0.29, 0.717) is 12.8 Å². The maximum absolute atomic E-state index is 13.0. The average Bonchev–Trinajstić information content (AvgIpc) is 2.53. The van der Waals surface area contributed by atoms with Gasteiger partial charge in [-0.25, -0.2) is 8.42 Å². The number of sulfone groups is 1. The van der Waals surface area contributed by atoms with Crippen LogP contribution in [-0.2, 0) is 20.0 Å². The third kappa shape index (κ3) is 4.29. The Bertz CT molecular complexity index is 654. The largest absolute Gasteiger partial charge is 0.354 e. The highest BCUT2D eigenvalue weighted by atomic mass is 35.5. The van der Waals surface area contributed by atoms with Crippen LogP contribution in [0.15, 0.2) is 30.3 Å².